The van der Waals surface area contributed by atoms with Crippen LogP contribution in [0, 0.1) is 5.92 Å². The summed E-state index contributed by atoms with van der Waals surface area (Å²) in [5, 5.41) is 2.84. The van der Waals surface area contributed by atoms with Crippen molar-refractivity contribution < 1.29 is 9.53 Å². The van der Waals surface area contributed by atoms with E-state index < -0.39 is 0 Å². The summed E-state index contributed by atoms with van der Waals surface area (Å²) in [6.45, 7) is 5.12. The van der Waals surface area contributed by atoms with Crippen LogP contribution in [0.2, 0.25) is 0 Å². The first-order valence-electron chi connectivity index (χ1n) is 9.14. The minimum absolute atomic E-state index is 0.201. The number of nitrogens with zero attached hydrogens (tertiary/aromatic N) is 3. The minimum Gasteiger partial charge on any atom is -0.383 e. The Hall–Kier alpha value is -2.47. The SMILES string of the molecule is COCCNC(=O)c1cc(N2CCC(C)CC2)nc(-c2ccccc2)n1. The van der Waals surface area contributed by atoms with Crippen molar-refractivity contribution in [2.24, 2.45) is 5.92 Å². The van der Waals surface area contributed by atoms with Crippen LogP contribution in [0.25, 0.3) is 11.4 Å². The van der Waals surface area contributed by atoms with E-state index in [9.17, 15) is 4.79 Å². The fourth-order valence-electron chi connectivity index (χ4n) is 3.02. The van der Waals surface area contributed by atoms with E-state index in [1.165, 1.54) is 0 Å². The zero-order chi connectivity index (χ0) is 18.4. The largest absolute Gasteiger partial charge is 0.383 e. The number of hydrogen-bond acceptors (Lipinski definition) is 5. The van der Waals surface area contributed by atoms with E-state index in [2.05, 4.69) is 22.1 Å². The maximum atomic E-state index is 12.5. The number of carbonyl (C=O) groups is 1. The van der Waals surface area contributed by atoms with E-state index >= 15 is 0 Å². The number of carbonyl (C=O) groups excluding carboxylic acids is 1. The van der Waals surface area contributed by atoms with Crippen molar-refractivity contribution in [1.29, 1.82) is 0 Å². The molecular weight excluding hydrogens is 328 g/mol. The molecule has 6 heteroatoms. The summed E-state index contributed by atoms with van der Waals surface area (Å²) in [7, 11) is 1.61. The zero-order valence-electron chi connectivity index (χ0n) is 15.4. The highest BCUT2D eigenvalue weighted by atomic mass is 16.5. The molecule has 1 aromatic carbocycles. The normalized spacial score (nSPS) is 15.1. The molecular formula is C20H26N4O2. The van der Waals surface area contributed by atoms with Gasteiger partial charge in [-0.1, -0.05) is 37.3 Å². The molecule has 2 aromatic rings. The number of hydrogen-bond donors (Lipinski definition) is 1. The van der Waals surface area contributed by atoms with E-state index in [0.29, 0.717) is 24.7 Å². The van der Waals surface area contributed by atoms with Gasteiger partial charge in [0.05, 0.1) is 6.61 Å². The summed E-state index contributed by atoms with van der Waals surface area (Å²) in [6, 6.07) is 11.6. The standard InChI is InChI=1S/C20H26N4O2/c1-15-8-11-24(12-9-15)18-14-17(20(25)21-10-13-26-2)22-19(23-18)16-6-4-3-5-7-16/h3-7,14-15H,8-13H2,1-2H3,(H,21,25). The second-order valence-corrected chi connectivity index (χ2v) is 6.72. The molecule has 0 atom stereocenters. The third-order valence-electron chi connectivity index (χ3n) is 4.68. The first-order chi connectivity index (χ1) is 12.7. The number of benzene rings is 1. The molecule has 0 unspecified atom stereocenters. The van der Waals surface area contributed by atoms with Crippen LogP contribution in [0.3, 0.4) is 0 Å². The van der Waals surface area contributed by atoms with Gasteiger partial charge in [0, 0.05) is 38.4 Å². The molecule has 1 saturated heterocycles. The van der Waals surface area contributed by atoms with Gasteiger partial charge in [0.15, 0.2) is 5.82 Å². The summed E-state index contributed by atoms with van der Waals surface area (Å²) in [6.07, 6.45) is 2.28. The van der Waals surface area contributed by atoms with Crippen LogP contribution in [-0.4, -0.2) is 49.2 Å². The van der Waals surface area contributed by atoms with Crippen LogP contribution < -0.4 is 10.2 Å². The highest BCUT2D eigenvalue weighted by Gasteiger charge is 2.20. The van der Waals surface area contributed by atoms with Gasteiger partial charge >= 0.3 is 0 Å². The van der Waals surface area contributed by atoms with Gasteiger partial charge in [-0.05, 0) is 18.8 Å². The molecule has 0 spiro atoms. The van der Waals surface area contributed by atoms with Gasteiger partial charge in [0.25, 0.3) is 5.91 Å². The highest BCUT2D eigenvalue weighted by Crippen LogP contribution is 2.24. The van der Waals surface area contributed by atoms with Crippen molar-refractivity contribution in [3.05, 3.63) is 42.1 Å². The first-order valence-corrected chi connectivity index (χ1v) is 9.14. The molecule has 1 aromatic heterocycles. The Morgan fingerprint density at radius 1 is 1.23 bits per heavy atom. The topological polar surface area (TPSA) is 67.3 Å². The number of anilines is 1. The summed E-state index contributed by atoms with van der Waals surface area (Å²) in [4.78, 5) is 24.0. The van der Waals surface area contributed by atoms with Crippen molar-refractivity contribution in [1.82, 2.24) is 15.3 Å². The van der Waals surface area contributed by atoms with Gasteiger partial charge in [-0.25, -0.2) is 9.97 Å². The average molecular weight is 354 g/mol. The summed E-state index contributed by atoms with van der Waals surface area (Å²) >= 11 is 0. The third kappa shape index (κ3) is 4.58. The van der Waals surface area contributed by atoms with Crippen molar-refractivity contribution in [3.8, 4) is 11.4 Å². The van der Waals surface area contributed by atoms with E-state index in [-0.39, 0.29) is 5.91 Å². The Labute approximate surface area is 154 Å². The van der Waals surface area contributed by atoms with Crippen molar-refractivity contribution in [2.45, 2.75) is 19.8 Å². The molecule has 1 fully saturated rings. The summed E-state index contributed by atoms with van der Waals surface area (Å²) in [5.41, 5.74) is 1.30. The van der Waals surface area contributed by atoms with Gasteiger partial charge in [-0.3, -0.25) is 4.79 Å². The predicted molar refractivity (Wildman–Crippen MR) is 102 cm³/mol. The molecule has 1 aliphatic heterocycles. The fourth-order valence-corrected chi connectivity index (χ4v) is 3.02. The fraction of sp³-hybridized carbons (Fsp3) is 0.450. The molecule has 138 valence electrons. The highest BCUT2D eigenvalue weighted by molar-refractivity contribution is 5.93. The van der Waals surface area contributed by atoms with E-state index in [4.69, 9.17) is 9.72 Å². The van der Waals surface area contributed by atoms with Crippen LogP contribution in [0.4, 0.5) is 5.82 Å². The number of piperidine rings is 1. The summed E-state index contributed by atoms with van der Waals surface area (Å²) < 4.78 is 4.99. The minimum atomic E-state index is -0.201. The lowest BCUT2D eigenvalue weighted by atomic mass is 9.99. The lowest BCUT2D eigenvalue weighted by molar-refractivity contribution is 0.0932. The Bertz CT molecular complexity index is 728. The predicted octanol–water partition coefficient (Wildman–Crippen LogP) is 2.76. The number of amides is 1. The zero-order valence-corrected chi connectivity index (χ0v) is 15.4. The molecule has 3 rings (SSSR count). The lowest BCUT2D eigenvalue weighted by Gasteiger charge is -2.31. The molecule has 2 heterocycles. The van der Waals surface area contributed by atoms with Crippen molar-refractivity contribution in [3.63, 3.8) is 0 Å². The number of aromatic nitrogens is 2. The van der Waals surface area contributed by atoms with Crippen molar-refractivity contribution >= 4 is 11.7 Å². The Balaban J connectivity index is 1.90. The monoisotopic (exact) mass is 354 g/mol. The number of nitrogens with one attached hydrogen (secondary N) is 1. The van der Waals surface area contributed by atoms with Crippen LogP contribution in [0.1, 0.15) is 30.3 Å². The van der Waals surface area contributed by atoms with Crippen LogP contribution in [-0.2, 0) is 4.74 Å². The molecule has 0 radical (unpaired) electrons. The third-order valence-corrected chi connectivity index (χ3v) is 4.68. The van der Waals surface area contributed by atoms with Crippen LogP contribution >= 0.6 is 0 Å². The van der Waals surface area contributed by atoms with Crippen LogP contribution in [0.15, 0.2) is 36.4 Å². The van der Waals surface area contributed by atoms with Gasteiger partial charge in [-0.2, -0.15) is 0 Å². The Morgan fingerprint density at radius 2 is 1.96 bits per heavy atom. The van der Waals surface area contributed by atoms with E-state index in [0.717, 1.165) is 43.2 Å². The smallest absolute Gasteiger partial charge is 0.270 e. The average Bonchev–Trinajstić information content (AvgIpc) is 2.69. The maximum Gasteiger partial charge on any atom is 0.270 e. The van der Waals surface area contributed by atoms with Gasteiger partial charge < -0.3 is 15.0 Å². The van der Waals surface area contributed by atoms with Crippen LogP contribution in [0.5, 0.6) is 0 Å². The molecule has 0 bridgehead atoms. The second-order valence-electron chi connectivity index (χ2n) is 6.72. The molecule has 6 nitrogen and oxygen atoms in total. The summed E-state index contributed by atoms with van der Waals surface area (Å²) in [5.74, 6) is 1.94. The molecule has 1 amide bonds. The molecule has 1 N–H and O–H groups in total. The molecule has 26 heavy (non-hydrogen) atoms. The maximum absolute atomic E-state index is 12.5. The second kappa shape index (κ2) is 8.76. The number of rotatable bonds is 6. The van der Waals surface area contributed by atoms with E-state index in [1.807, 2.05) is 30.3 Å². The van der Waals surface area contributed by atoms with E-state index in [1.54, 1.807) is 13.2 Å². The quantitative estimate of drug-likeness (QED) is 0.808. The molecule has 1 aliphatic rings. The van der Waals surface area contributed by atoms with Gasteiger partial charge in [0.2, 0.25) is 0 Å². The number of ether oxygens (including phenoxy) is 1. The van der Waals surface area contributed by atoms with Crippen molar-refractivity contribution in [2.75, 3.05) is 38.3 Å². The van der Waals surface area contributed by atoms with Gasteiger partial charge in [-0.15, -0.1) is 0 Å². The Morgan fingerprint density at radius 3 is 2.65 bits per heavy atom. The molecule has 0 saturated carbocycles. The number of methoxy groups -OCH3 is 1. The Kier molecular flexibility index (Phi) is 6.17. The lowest BCUT2D eigenvalue weighted by Crippen LogP contribution is -2.34. The van der Waals surface area contributed by atoms with Gasteiger partial charge in [0.1, 0.15) is 11.5 Å². The first kappa shape index (κ1) is 18.3. The molecule has 0 aliphatic carbocycles.